The van der Waals surface area contributed by atoms with Crippen LogP contribution in [0.3, 0.4) is 0 Å². The molecular weight excluding hydrogens is 428 g/mol. The topological polar surface area (TPSA) is 93.7 Å². The van der Waals surface area contributed by atoms with Gasteiger partial charge in [-0.25, -0.2) is 9.59 Å². The van der Waals surface area contributed by atoms with E-state index in [9.17, 15) is 14.4 Å². The molecule has 170 valence electrons. The van der Waals surface area contributed by atoms with Crippen molar-refractivity contribution < 1.29 is 23.9 Å². The van der Waals surface area contributed by atoms with Gasteiger partial charge in [0.25, 0.3) is 0 Å². The van der Waals surface area contributed by atoms with Gasteiger partial charge in [-0.3, -0.25) is 4.79 Å². The van der Waals surface area contributed by atoms with Gasteiger partial charge < -0.3 is 20.1 Å². The Morgan fingerprint density at radius 1 is 1.00 bits per heavy atom. The maximum Gasteiger partial charge on any atom is 0.407 e. The van der Waals surface area contributed by atoms with Gasteiger partial charge in [0.05, 0.1) is 7.11 Å². The quantitative estimate of drug-likeness (QED) is 0.562. The Labute approximate surface area is 192 Å². The molecule has 3 rings (SSSR count). The summed E-state index contributed by atoms with van der Waals surface area (Å²) in [5, 5.41) is 5.22. The Hall–Kier alpha value is -3.00. The van der Waals surface area contributed by atoms with E-state index < -0.39 is 30.1 Å². The molecule has 2 aromatic carbocycles. The summed E-state index contributed by atoms with van der Waals surface area (Å²) in [6.45, 7) is 1.69. The first-order valence-corrected chi connectivity index (χ1v) is 11.8. The van der Waals surface area contributed by atoms with Crippen LogP contribution in [0.2, 0.25) is 0 Å². The molecule has 7 nitrogen and oxygen atoms in total. The third kappa shape index (κ3) is 5.43. The van der Waals surface area contributed by atoms with Crippen molar-refractivity contribution in [1.29, 1.82) is 0 Å². The number of esters is 1. The monoisotopic (exact) mass is 456 g/mol. The zero-order valence-electron chi connectivity index (χ0n) is 18.4. The number of amides is 2. The minimum atomic E-state index is -0.815. The Morgan fingerprint density at radius 3 is 2.16 bits per heavy atom. The average Bonchev–Trinajstić information content (AvgIpc) is 3.13. The molecule has 0 saturated heterocycles. The highest BCUT2D eigenvalue weighted by Gasteiger charge is 2.30. The number of alkyl carbamates (subject to hydrolysis) is 1. The van der Waals surface area contributed by atoms with E-state index in [-0.39, 0.29) is 12.5 Å². The van der Waals surface area contributed by atoms with Crippen LogP contribution >= 0.6 is 11.8 Å². The molecule has 2 amide bonds. The van der Waals surface area contributed by atoms with Crippen molar-refractivity contribution >= 4 is 29.7 Å². The van der Waals surface area contributed by atoms with E-state index in [1.165, 1.54) is 14.0 Å². The average molecular weight is 457 g/mol. The highest BCUT2D eigenvalue weighted by Crippen LogP contribution is 2.44. The van der Waals surface area contributed by atoms with E-state index in [1.54, 1.807) is 11.8 Å². The molecule has 0 bridgehead atoms. The van der Waals surface area contributed by atoms with Crippen LogP contribution in [-0.2, 0) is 19.1 Å². The number of ether oxygens (including phenoxy) is 2. The van der Waals surface area contributed by atoms with E-state index in [4.69, 9.17) is 4.74 Å². The molecule has 0 saturated carbocycles. The number of nitrogens with one attached hydrogen (secondary N) is 2. The summed E-state index contributed by atoms with van der Waals surface area (Å²) < 4.78 is 10.2. The van der Waals surface area contributed by atoms with Gasteiger partial charge in [-0.05, 0) is 47.6 Å². The minimum absolute atomic E-state index is 0.0639. The lowest BCUT2D eigenvalue weighted by Gasteiger charge is -2.21. The maximum absolute atomic E-state index is 12.6. The van der Waals surface area contributed by atoms with Crippen LogP contribution in [0.4, 0.5) is 4.79 Å². The normalized spacial score (nSPS) is 14.0. The summed E-state index contributed by atoms with van der Waals surface area (Å²) in [6.07, 6.45) is 1.66. The van der Waals surface area contributed by atoms with Crippen molar-refractivity contribution in [3.05, 3.63) is 59.7 Å². The van der Waals surface area contributed by atoms with Crippen LogP contribution in [0.1, 0.15) is 30.4 Å². The fourth-order valence-corrected chi connectivity index (χ4v) is 4.31. The van der Waals surface area contributed by atoms with Gasteiger partial charge in [-0.1, -0.05) is 48.5 Å². The highest BCUT2D eigenvalue weighted by molar-refractivity contribution is 7.98. The summed E-state index contributed by atoms with van der Waals surface area (Å²) in [4.78, 5) is 36.8. The fraction of sp³-hybridized carbons (Fsp3) is 0.375. The summed E-state index contributed by atoms with van der Waals surface area (Å²) in [5.41, 5.74) is 4.52. The van der Waals surface area contributed by atoms with Crippen molar-refractivity contribution in [2.45, 2.75) is 31.3 Å². The first-order chi connectivity index (χ1) is 15.5. The highest BCUT2D eigenvalue weighted by atomic mass is 32.2. The van der Waals surface area contributed by atoms with Crippen LogP contribution < -0.4 is 10.6 Å². The standard InChI is InChI=1S/C24H28N2O5S/c1-15(23(28)30-2)25-22(27)21(12-13-32-3)26-24(29)31-14-20-18-10-6-4-8-16(18)17-9-5-7-11-19(17)20/h4-11,15,20-21H,12-14H2,1-3H3,(H,25,27)(H,26,29)/t15-,21-/m0/s1. The summed E-state index contributed by atoms with van der Waals surface area (Å²) in [5.74, 6) is -0.409. The molecule has 1 aliphatic carbocycles. The second-order valence-electron chi connectivity index (χ2n) is 7.56. The molecular formula is C24H28N2O5S. The molecule has 2 atom stereocenters. The molecule has 2 aromatic rings. The summed E-state index contributed by atoms with van der Waals surface area (Å²) in [7, 11) is 1.26. The van der Waals surface area contributed by atoms with Crippen LogP contribution in [0.15, 0.2) is 48.5 Å². The van der Waals surface area contributed by atoms with Gasteiger partial charge in [0.2, 0.25) is 5.91 Å². The van der Waals surface area contributed by atoms with Gasteiger partial charge in [0.15, 0.2) is 0 Å². The fourth-order valence-electron chi connectivity index (χ4n) is 3.84. The number of carbonyl (C=O) groups is 3. The van der Waals surface area contributed by atoms with Crippen molar-refractivity contribution in [2.24, 2.45) is 0 Å². The Morgan fingerprint density at radius 2 is 1.59 bits per heavy atom. The van der Waals surface area contributed by atoms with Gasteiger partial charge in [0.1, 0.15) is 18.7 Å². The van der Waals surface area contributed by atoms with E-state index >= 15 is 0 Å². The molecule has 1 aliphatic rings. The number of benzene rings is 2. The molecule has 0 aliphatic heterocycles. The lowest BCUT2D eigenvalue weighted by Crippen LogP contribution is -2.51. The predicted molar refractivity (Wildman–Crippen MR) is 125 cm³/mol. The number of fused-ring (bicyclic) bond motifs is 3. The molecule has 2 N–H and O–H groups in total. The van der Waals surface area contributed by atoms with E-state index in [1.807, 2.05) is 42.7 Å². The number of rotatable bonds is 9. The van der Waals surface area contributed by atoms with Crippen LogP contribution in [0, 0.1) is 0 Å². The maximum atomic E-state index is 12.6. The smallest absolute Gasteiger partial charge is 0.407 e. The predicted octanol–water partition coefficient (Wildman–Crippen LogP) is 3.32. The molecule has 0 unspecified atom stereocenters. The lowest BCUT2D eigenvalue weighted by atomic mass is 9.98. The van der Waals surface area contributed by atoms with E-state index in [2.05, 4.69) is 27.5 Å². The Bertz CT molecular complexity index is 935. The zero-order chi connectivity index (χ0) is 23.1. The van der Waals surface area contributed by atoms with Crippen LogP contribution in [0.5, 0.6) is 0 Å². The second kappa shape index (κ2) is 11.0. The summed E-state index contributed by atoms with van der Waals surface area (Å²) >= 11 is 1.56. The van der Waals surface area contributed by atoms with Crippen molar-refractivity contribution in [3.63, 3.8) is 0 Å². The van der Waals surface area contributed by atoms with E-state index in [0.717, 1.165) is 22.3 Å². The molecule has 0 spiro atoms. The van der Waals surface area contributed by atoms with Crippen molar-refractivity contribution in [2.75, 3.05) is 25.7 Å². The van der Waals surface area contributed by atoms with Gasteiger partial charge in [-0.2, -0.15) is 11.8 Å². The van der Waals surface area contributed by atoms with Crippen molar-refractivity contribution in [3.8, 4) is 11.1 Å². The number of methoxy groups -OCH3 is 1. The molecule has 8 heteroatoms. The minimum Gasteiger partial charge on any atom is -0.467 e. The molecule has 32 heavy (non-hydrogen) atoms. The second-order valence-corrected chi connectivity index (χ2v) is 8.54. The first kappa shape index (κ1) is 23.7. The van der Waals surface area contributed by atoms with Crippen molar-refractivity contribution in [1.82, 2.24) is 10.6 Å². The molecule has 0 heterocycles. The number of hydrogen-bond acceptors (Lipinski definition) is 6. The zero-order valence-corrected chi connectivity index (χ0v) is 19.2. The molecule has 0 fully saturated rings. The number of carbonyl (C=O) groups excluding carboxylic acids is 3. The van der Waals surface area contributed by atoms with Gasteiger partial charge >= 0.3 is 12.1 Å². The lowest BCUT2D eigenvalue weighted by molar-refractivity contribution is -0.144. The van der Waals surface area contributed by atoms with Crippen LogP contribution in [0.25, 0.3) is 11.1 Å². The Balaban J connectivity index is 1.64. The molecule has 0 radical (unpaired) electrons. The van der Waals surface area contributed by atoms with E-state index in [0.29, 0.717) is 12.2 Å². The molecule has 0 aromatic heterocycles. The third-order valence-electron chi connectivity index (χ3n) is 5.48. The SMILES string of the molecule is COC(=O)[C@H](C)NC(=O)[C@H](CCSC)NC(=O)OCC1c2ccccc2-c2ccccc21. The number of thioether (sulfide) groups is 1. The largest absolute Gasteiger partial charge is 0.467 e. The van der Waals surface area contributed by atoms with Gasteiger partial charge in [-0.15, -0.1) is 0 Å². The van der Waals surface area contributed by atoms with Gasteiger partial charge in [0, 0.05) is 5.92 Å². The third-order valence-corrected chi connectivity index (χ3v) is 6.12. The number of hydrogen-bond donors (Lipinski definition) is 2. The van der Waals surface area contributed by atoms with Crippen LogP contribution in [-0.4, -0.2) is 55.8 Å². The first-order valence-electron chi connectivity index (χ1n) is 10.4. The Kier molecular flexibility index (Phi) is 8.16. The summed E-state index contributed by atoms with van der Waals surface area (Å²) in [6, 6.07) is 14.5.